The van der Waals surface area contributed by atoms with E-state index in [0.29, 0.717) is 24.2 Å². The van der Waals surface area contributed by atoms with Crippen LogP contribution in [0.4, 0.5) is 5.69 Å². The molecule has 13 heteroatoms. The quantitative estimate of drug-likeness (QED) is 0.146. The molecule has 1 aliphatic rings. The van der Waals surface area contributed by atoms with Crippen LogP contribution in [0, 0.1) is 23.7 Å². The molecule has 1 aromatic rings. The van der Waals surface area contributed by atoms with Crippen LogP contribution in [0.15, 0.2) is 24.3 Å². The largest absolute Gasteiger partial charge is 0.399 e. The summed E-state index contributed by atoms with van der Waals surface area (Å²) in [6, 6.07) is 4.32. The van der Waals surface area contributed by atoms with Crippen LogP contribution in [0.2, 0.25) is 0 Å². The number of amides is 4. The van der Waals surface area contributed by atoms with E-state index in [0.717, 1.165) is 12.8 Å². The highest BCUT2D eigenvalue weighted by Crippen LogP contribution is 2.30. The molecule has 0 aromatic heterocycles. The normalized spacial score (nSPS) is 19.9. The molecule has 0 saturated carbocycles. The molecule has 0 aliphatic carbocycles. The Hall–Kier alpha value is -3.26. The second-order valence-corrected chi connectivity index (χ2v) is 15.9. The van der Waals surface area contributed by atoms with E-state index in [1.54, 1.807) is 69.2 Å². The average molecular weight is 747 g/mol. The van der Waals surface area contributed by atoms with E-state index >= 15 is 0 Å². The first-order chi connectivity index (χ1) is 24.8. The van der Waals surface area contributed by atoms with Crippen molar-refractivity contribution in [2.75, 3.05) is 47.6 Å². The van der Waals surface area contributed by atoms with E-state index in [1.165, 1.54) is 0 Å². The number of benzene rings is 1. The molecule has 1 saturated heterocycles. The van der Waals surface area contributed by atoms with Crippen LogP contribution < -0.4 is 16.4 Å². The number of methoxy groups -OCH3 is 2. The summed E-state index contributed by atoms with van der Waals surface area (Å²) in [5.74, 6) is -1.65. The van der Waals surface area contributed by atoms with E-state index in [4.69, 9.17) is 15.2 Å². The van der Waals surface area contributed by atoms with Gasteiger partial charge in [-0.05, 0) is 69.3 Å². The van der Waals surface area contributed by atoms with Crippen LogP contribution >= 0.6 is 0 Å². The van der Waals surface area contributed by atoms with Gasteiger partial charge in [0.15, 0.2) is 0 Å². The Morgan fingerprint density at radius 2 is 1.53 bits per heavy atom. The van der Waals surface area contributed by atoms with E-state index in [1.807, 2.05) is 60.5 Å². The third-order valence-corrected chi connectivity index (χ3v) is 11.1. The Kier molecular flexibility index (Phi) is 18.2. The Bertz CT molecular complexity index is 1320. The van der Waals surface area contributed by atoms with E-state index in [2.05, 4.69) is 10.6 Å². The van der Waals surface area contributed by atoms with Crippen molar-refractivity contribution in [3.05, 3.63) is 29.8 Å². The fourth-order valence-corrected chi connectivity index (χ4v) is 7.83. The molecule has 0 unspecified atom stereocenters. The molecular formula is C40H70N6O7. The summed E-state index contributed by atoms with van der Waals surface area (Å²) in [6.45, 7) is 15.9. The number of anilines is 1. The number of hydrogen-bond acceptors (Lipinski definition) is 9. The highest BCUT2D eigenvalue weighted by atomic mass is 16.5. The number of carbonyl (C=O) groups is 4. The van der Waals surface area contributed by atoms with Gasteiger partial charge in [0.25, 0.3) is 0 Å². The first-order valence-corrected chi connectivity index (χ1v) is 19.2. The minimum Gasteiger partial charge on any atom is -0.399 e. The van der Waals surface area contributed by atoms with E-state index < -0.39 is 48.4 Å². The number of carbonyl (C=O) groups excluding carboxylic acids is 4. The van der Waals surface area contributed by atoms with Crippen molar-refractivity contribution >= 4 is 29.3 Å². The predicted molar refractivity (Wildman–Crippen MR) is 209 cm³/mol. The molecule has 0 bridgehead atoms. The summed E-state index contributed by atoms with van der Waals surface area (Å²) in [7, 11) is 8.55. The van der Waals surface area contributed by atoms with Gasteiger partial charge in [0.1, 0.15) is 6.04 Å². The molecule has 1 aliphatic heterocycles. The van der Waals surface area contributed by atoms with E-state index in [9.17, 15) is 24.3 Å². The SMILES string of the molecule is CC[C@H](C)[C@@H]([C@@H](CC(=O)N1CCC[C@H]1[C@H](OC)[C@@H](C)C(=O)N[C@H](C)[C@@H](O)c1ccc(N)cc1)OC)N(C)C(=O)[C@@H](NC(=O)[C@H](C(C)C)N(C)C)C(C)C. The van der Waals surface area contributed by atoms with Gasteiger partial charge in [-0.25, -0.2) is 0 Å². The number of nitrogens with two attached hydrogens (primary N) is 1. The number of aliphatic hydroxyl groups excluding tert-OH is 1. The Morgan fingerprint density at radius 3 is 2.02 bits per heavy atom. The van der Waals surface area contributed by atoms with Gasteiger partial charge in [-0.2, -0.15) is 0 Å². The van der Waals surface area contributed by atoms with Crippen LogP contribution in [-0.4, -0.2) is 128 Å². The van der Waals surface area contributed by atoms with Crippen molar-refractivity contribution < 1.29 is 33.8 Å². The molecule has 2 rings (SSSR count). The monoisotopic (exact) mass is 747 g/mol. The first-order valence-electron chi connectivity index (χ1n) is 19.2. The molecule has 1 fully saturated rings. The predicted octanol–water partition coefficient (Wildman–Crippen LogP) is 3.45. The Morgan fingerprint density at radius 1 is 0.925 bits per heavy atom. The Balaban J connectivity index is 2.25. The van der Waals surface area contributed by atoms with Crippen LogP contribution in [0.3, 0.4) is 0 Å². The zero-order valence-electron chi connectivity index (χ0n) is 34.6. The zero-order chi connectivity index (χ0) is 40.3. The van der Waals surface area contributed by atoms with Crippen molar-refractivity contribution in [1.29, 1.82) is 0 Å². The summed E-state index contributed by atoms with van der Waals surface area (Å²) in [6.07, 6.45) is 0.0214. The number of aliphatic hydroxyl groups is 1. The van der Waals surface area contributed by atoms with Crippen LogP contribution in [-0.2, 0) is 28.7 Å². The van der Waals surface area contributed by atoms with Gasteiger partial charge in [0, 0.05) is 33.5 Å². The summed E-state index contributed by atoms with van der Waals surface area (Å²) < 4.78 is 11.9. The summed E-state index contributed by atoms with van der Waals surface area (Å²) >= 11 is 0. The zero-order valence-corrected chi connectivity index (χ0v) is 34.6. The topological polar surface area (TPSA) is 167 Å². The van der Waals surface area contributed by atoms with Gasteiger partial charge in [-0.3, -0.25) is 24.1 Å². The van der Waals surface area contributed by atoms with Crippen molar-refractivity contribution in [2.45, 2.75) is 130 Å². The summed E-state index contributed by atoms with van der Waals surface area (Å²) in [5.41, 5.74) is 7.01. The molecule has 4 amide bonds. The fraction of sp³-hybridized carbons (Fsp3) is 0.750. The number of nitrogens with one attached hydrogen (secondary N) is 2. The van der Waals surface area contributed by atoms with Crippen molar-refractivity contribution in [2.24, 2.45) is 23.7 Å². The molecule has 1 heterocycles. The highest BCUT2D eigenvalue weighted by molar-refractivity contribution is 5.90. The maximum absolute atomic E-state index is 14.2. The number of hydrogen-bond donors (Lipinski definition) is 4. The lowest BCUT2D eigenvalue weighted by Gasteiger charge is -2.41. The van der Waals surface area contributed by atoms with Crippen molar-refractivity contribution in [1.82, 2.24) is 25.3 Å². The van der Waals surface area contributed by atoms with E-state index in [-0.39, 0.29) is 53.8 Å². The molecular weight excluding hydrogens is 676 g/mol. The third kappa shape index (κ3) is 11.9. The van der Waals surface area contributed by atoms with Crippen LogP contribution in [0.1, 0.15) is 92.7 Å². The minimum absolute atomic E-state index is 0.0224. The van der Waals surface area contributed by atoms with Crippen molar-refractivity contribution in [3.8, 4) is 0 Å². The lowest BCUT2D eigenvalue weighted by Crippen LogP contribution is -2.59. The van der Waals surface area contributed by atoms with Crippen LogP contribution in [0.25, 0.3) is 0 Å². The van der Waals surface area contributed by atoms with Crippen molar-refractivity contribution in [3.63, 3.8) is 0 Å². The Labute approximate surface area is 318 Å². The minimum atomic E-state index is -0.936. The van der Waals surface area contributed by atoms with Gasteiger partial charge in [-0.1, -0.05) is 67.0 Å². The number of nitrogens with zero attached hydrogens (tertiary/aromatic N) is 3. The standard InChI is InChI=1S/C40H70N6O7/c1-14-25(6)35(45(11)40(51)33(23(2)3)43-39(50)34(24(4)5)44(9)10)31(52-12)22-32(47)46-21-15-16-30(46)37(53-13)26(7)38(49)42-27(8)36(48)28-17-19-29(41)20-18-28/h17-20,23-27,30-31,33-37,48H,14-16,21-22,41H2,1-13H3,(H,42,49)(H,43,50)/t25-,26+,27+,30-,31+,33-,34-,35-,36+,37+/m0/s1. The molecule has 5 N–H and O–H groups in total. The fourth-order valence-electron chi connectivity index (χ4n) is 7.83. The van der Waals surface area contributed by atoms with Gasteiger partial charge in [0.2, 0.25) is 23.6 Å². The third-order valence-electron chi connectivity index (χ3n) is 11.1. The van der Waals surface area contributed by atoms with Gasteiger partial charge in [0.05, 0.1) is 54.8 Å². The number of likely N-dealkylation sites (N-methyl/N-ethyl adjacent to an activating group) is 2. The maximum atomic E-state index is 14.2. The summed E-state index contributed by atoms with van der Waals surface area (Å²) in [5, 5.41) is 16.8. The number of rotatable bonds is 20. The summed E-state index contributed by atoms with van der Waals surface area (Å²) in [4.78, 5) is 60.6. The number of nitrogen functional groups attached to an aromatic ring is 1. The maximum Gasteiger partial charge on any atom is 0.245 e. The second kappa shape index (κ2) is 21.0. The van der Waals surface area contributed by atoms with Gasteiger partial charge < -0.3 is 40.7 Å². The number of likely N-dealkylation sites (tertiary alicyclic amines) is 1. The first kappa shape index (κ1) is 45.9. The molecule has 13 nitrogen and oxygen atoms in total. The molecule has 53 heavy (non-hydrogen) atoms. The molecule has 0 radical (unpaired) electrons. The van der Waals surface area contributed by atoms with Gasteiger partial charge in [-0.15, -0.1) is 0 Å². The average Bonchev–Trinajstić information content (AvgIpc) is 3.59. The van der Waals surface area contributed by atoms with Crippen LogP contribution in [0.5, 0.6) is 0 Å². The highest BCUT2D eigenvalue weighted by Gasteiger charge is 2.43. The molecule has 1 aromatic carbocycles. The smallest absolute Gasteiger partial charge is 0.245 e. The molecule has 302 valence electrons. The molecule has 10 atom stereocenters. The molecule has 0 spiro atoms. The lowest BCUT2D eigenvalue weighted by molar-refractivity contribution is -0.148. The number of ether oxygens (including phenoxy) is 2. The lowest BCUT2D eigenvalue weighted by atomic mass is 9.89. The van der Waals surface area contributed by atoms with Gasteiger partial charge >= 0.3 is 0 Å². The second-order valence-electron chi connectivity index (χ2n) is 15.9.